The molecule has 1 aromatic carbocycles. The molecule has 0 unspecified atom stereocenters. The van der Waals surface area contributed by atoms with Crippen LogP contribution in [0.25, 0.3) is 10.9 Å². The summed E-state index contributed by atoms with van der Waals surface area (Å²) in [4.78, 5) is 19.3. The van der Waals surface area contributed by atoms with E-state index in [1.165, 1.54) is 6.20 Å². The Kier molecular flexibility index (Phi) is 8.57. The van der Waals surface area contributed by atoms with Crippen molar-refractivity contribution in [3.8, 4) is 17.6 Å². The molecule has 1 atom stereocenters. The average Bonchev–Trinajstić information content (AvgIpc) is 3.40. The minimum absolute atomic E-state index is 0.0200. The molecule has 1 aliphatic heterocycles. The van der Waals surface area contributed by atoms with Gasteiger partial charge in [-0.1, -0.05) is 17.9 Å². The molecule has 0 spiro atoms. The molecule has 2 N–H and O–H groups in total. The molecule has 0 bridgehead atoms. The van der Waals surface area contributed by atoms with E-state index in [9.17, 15) is 15.0 Å². The number of hydrogen-bond donors (Lipinski definition) is 2. The Hall–Kier alpha value is -2.99. The Morgan fingerprint density at radius 3 is 2.81 bits per heavy atom. The van der Waals surface area contributed by atoms with Crippen molar-refractivity contribution in [1.82, 2.24) is 9.88 Å². The highest BCUT2D eigenvalue weighted by Crippen LogP contribution is 2.43. The van der Waals surface area contributed by atoms with Gasteiger partial charge in [0.1, 0.15) is 11.9 Å². The highest BCUT2D eigenvalue weighted by atomic mass is 32.1. The number of aliphatic hydroxyl groups excluding tert-OH is 1. The molecular formula is C28H31FN2O4S. The number of rotatable bonds is 9. The van der Waals surface area contributed by atoms with Crippen molar-refractivity contribution in [2.24, 2.45) is 5.41 Å². The number of pyridine rings is 1. The summed E-state index contributed by atoms with van der Waals surface area (Å²) in [6.07, 6.45) is 2.17. The van der Waals surface area contributed by atoms with Gasteiger partial charge in [-0.05, 0) is 73.8 Å². The number of methoxy groups -OCH3 is 1. The second kappa shape index (κ2) is 11.8. The van der Waals surface area contributed by atoms with Crippen molar-refractivity contribution in [2.75, 3.05) is 26.7 Å². The lowest BCUT2D eigenvalue weighted by molar-refractivity contribution is -0.141. The number of halogens is 1. The van der Waals surface area contributed by atoms with Gasteiger partial charge in [0, 0.05) is 22.7 Å². The largest absolute Gasteiger partial charge is 0.497 e. The van der Waals surface area contributed by atoms with Crippen LogP contribution in [0.15, 0.2) is 41.9 Å². The first-order valence-electron chi connectivity index (χ1n) is 12.1. The molecule has 36 heavy (non-hydrogen) atoms. The van der Waals surface area contributed by atoms with Crippen LogP contribution in [0.5, 0.6) is 5.75 Å². The summed E-state index contributed by atoms with van der Waals surface area (Å²) in [6, 6.07) is 9.25. The molecule has 190 valence electrons. The first kappa shape index (κ1) is 26.1. The van der Waals surface area contributed by atoms with E-state index >= 15 is 4.39 Å². The first-order valence-corrected chi connectivity index (χ1v) is 13.0. The van der Waals surface area contributed by atoms with Gasteiger partial charge >= 0.3 is 5.97 Å². The number of aliphatic carboxylic acids is 1. The lowest BCUT2D eigenvalue weighted by Gasteiger charge is -2.41. The van der Waals surface area contributed by atoms with Crippen LogP contribution in [-0.4, -0.2) is 52.8 Å². The number of piperidine rings is 1. The van der Waals surface area contributed by atoms with E-state index in [0.29, 0.717) is 53.6 Å². The summed E-state index contributed by atoms with van der Waals surface area (Å²) in [6.45, 7) is 1.79. The van der Waals surface area contributed by atoms with Crippen LogP contribution in [0.3, 0.4) is 0 Å². The van der Waals surface area contributed by atoms with Gasteiger partial charge in [-0.2, -0.15) is 0 Å². The fourth-order valence-corrected chi connectivity index (χ4v) is 5.64. The lowest BCUT2D eigenvalue weighted by Crippen LogP contribution is -2.41. The highest BCUT2D eigenvalue weighted by molar-refractivity contribution is 7.10. The third kappa shape index (κ3) is 6.22. The third-order valence-corrected chi connectivity index (χ3v) is 7.87. The monoisotopic (exact) mass is 510 g/mol. The van der Waals surface area contributed by atoms with Crippen molar-refractivity contribution in [3.05, 3.63) is 57.9 Å². The van der Waals surface area contributed by atoms with Crippen molar-refractivity contribution >= 4 is 28.2 Å². The predicted molar refractivity (Wildman–Crippen MR) is 139 cm³/mol. The van der Waals surface area contributed by atoms with Crippen molar-refractivity contribution in [1.29, 1.82) is 0 Å². The number of alkyl halides is 1. The Labute approximate surface area is 214 Å². The van der Waals surface area contributed by atoms with E-state index in [0.717, 1.165) is 18.0 Å². The van der Waals surface area contributed by atoms with Gasteiger partial charge in [-0.25, -0.2) is 4.39 Å². The fourth-order valence-electron chi connectivity index (χ4n) is 5.04. The standard InChI is InChI=1S/C28H31FN2O4S/c1-35-21-6-7-25-23(16-21)27(20(19-32)18-30-25)24(29)8-9-28(17-26(33)34)10-13-31(14-11-28)12-2-4-22-5-3-15-36-22/h3,5-7,15-16,18,24,32H,8-14,17,19H2,1H3,(H,33,34)/t24-/m1/s1. The minimum atomic E-state index is -1.36. The highest BCUT2D eigenvalue weighted by Gasteiger charge is 2.37. The number of fused-ring (bicyclic) bond motifs is 1. The van der Waals surface area contributed by atoms with Crippen LogP contribution in [0.4, 0.5) is 4.39 Å². The number of carboxylic acids is 1. The number of thiophene rings is 1. The van der Waals surface area contributed by atoms with Crippen LogP contribution < -0.4 is 4.74 Å². The van der Waals surface area contributed by atoms with Crippen molar-refractivity contribution in [3.63, 3.8) is 0 Å². The maximum Gasteiger partial charge on any atom is 0.303 e. The van der Waals surface area contributed by atoms with E-state index in [1.807, 2.05) is 17.5 Å². The van der Waals surface area contributed by atoms with E-state index in [1.54, 1.807) is 36.6 Å². The van der Waals surface area contributed by atoms with Gasteiger partial charge in [0.15, 0.2) is 0 Å². The SMILES string of the molecule is COc1ccc2ncc(CO)c([C@H](F)CCC3(CC(=O)O)CCN(CC#Cc4cccs4)CC3)c2c1. The fraction of sp³-hybridized carbons (Fsp3) is 0.429. The molecular weight excluding hydrogens is 479 g/mol. The van der Waals surface area contributed by atoms with E-state index in [-0.39, 0.29) is 19.4 Å². The van der Waals surface area contributed by atoms with Gasteiger partial charge in [0.05, 0.1) is 37.1 Å². The molecule has 0 aliphatic carbocycles. The smallest absolute Gasteiger partial charge is 0.303 e. The van der Waals surface area contributed by atoms with Gasteiger partial charge < -0.3 is 14.9 Å². The maximum absolute atomic E-state index is 15.8. The van der Waals surface area contributed by atoms with Crippen LogP contribution in [-0.2, 0) is 11.4 Å². The maximum atomic E-state index is 15.8. The van der Waals surface area contributed by atoms with E-state index in [4.69, 9.17) is 4.74 Å². The van der Waals surface area contributed by atoms with Crippen LogP contribution in [0.1, 0.15) is 54.3 Å². The van der Waals surface area contributed by atoms with Crippen LogP contribution in [0.2, 0.25) is 0 Å². The topological polar surface area (TPSA) is 82.9 Å². The molecule has 3 heterocycles. The summed E-state index contributed by atoms with van der Waals surface area (Å²) in [5.41, 5.74) is 1.01. The first-order chi connectivity index (χ1) is 17.4. The number of nitrogens with zero attached hydrogens (tertiary/aromatic N) is 2. The second-order valence-electron chi connectivity index (χ2n) is 9.37. The molecule has 8 heteroatoms. The van der Waals surface area contributed by atoms with Gasteiger partial charge in [-0.15, -0.1) is 11.3 Å². The number of ether oxygens (including phenoxy) is 1. The number of aliphatic hydroxyl groups is 1. The Morgan fingerprint density at radius 1 is 1.33 bits per heavy atom. The van der Waals surface area contributed by atoms with Gasteiger partial charge in [-0.3, -0.25) is 14.7 Å². The average molecular weight is 511 g/mol. The summed E-state index contributed by atoms with van der Waals surface area (Å²) >= 11 is 1.61. The van der Waals surface area contributed by atoms with Crippen LogP contribution >= 0.6 is 11.3 Å². The van der Waals surface area contributed by atoms with Crippen LogP contribution in [0, 0.1) is 17.3 Å². The number of likely N-dealkylation sites (tertiary alicyclic amines) is 1. The van der Waals surface area contributed by atoms with E-state index < -0.39 is 17.6 Å². The zero-order valence-corrected chi connectivity index (χ0v) is 21.2. The molecule has 6 nitrogen and oxygen atoms in total. The van der Waals surface area contributed by atoms with Crippen molar-refractivity contribution < 1.29 is 24.1 Å². The summed E-state index contributed by atoms with van der Waals surface area (Å²) < 4.78 is 21.1. The second-order valence-corrected chi connectivity index (χ2v) is 10.3. The molecule has 3 aromatic rings. The molecule has 0 saturated carbocycles. The Morgan fingerprint density at radius 2 is 2.14 bits per heavy atom. The number of aromatic nitrogens is 1. The number of benzene rings is 1. The van der Waals surface area contributed by atoms with Gasteiger partial charge in [0.25, 0.3) is 0 Å². The molecule has 2 aromatic heterocycles. The van der Waals surface area contributed by atoms with E-state index in [2.05, 4.69) is 21.7 Å². The number of carboxylic acid groups (broad SMARTS) is 1. The molecule has 1 aliphatic rings. The molecule has 4 rings (SSSR count). The Balaban J connectivity index is 1.47. The molecule has 0 radical (unpaired) electrons. The zero-order chi connectivity index (χ0) is 25.5. The zero-order valence-electron chi connectivity index (χ0n) is 20.4. The van der Waals surface area contributed by atoms with Gasteiger partial charge in [0.2, 0.25) is 0 Å². The summed E-state index contributed by atoms with van der Waals surface area (Å²) in [7, 11) is 1.55. The summed E-state index contributed by atoms with van der Waals surface area (Å²) in [5.74, 6) is 6.10. The number of carbonyl (C=O) groups is 1. The third-order valence-electron chi connectivity index (χ3n) is 7.09. The van der Waals surface area contributed by atoms with Crippen molar-refractivity contribution in [2.45, 2.75) is 44.9 Å². The minimum Gasteiger partial charge on any atom is -0.497 e. The molecule has 0 amide bonds. The Bertz CT molecular complexity index is 1240. The lowest BCUT2D eigenvalue weighted by atomic mass is 9.71. The quantitative estimate of drug-likeness (QED) is 0.385. The number of hydrogen-bond acceptors (Lipinski definition) is 6. The summed E-state index contributed by atoms with van der Waals surface area (Å²) in [5, 5.41) is 22.1. The normalized spacial score (nSPS) is 16.3. The predicted octanol–water partition coefficient (Wildman–Crippen LogP) is 5.20. The molecule has 1 fully saturated rings. The molecule has 1 saturated heterocycles.